The van der Waals surface area contributed by atoms with E-state index in [4.69, 9.17) is 0 Å². The minimum atomic E-state index is 0.579. The Morgan fingerprint density at radius 1 is 1.25 bits per heavy atom. The van der Waals surface area contributed by atoms with Gasteiger partial charge in [0.25, 0.3) is 0 Å². The zero-order valence-corrected chi connectivity index (χ0v) is 11.2. The molecule has 3 heterocycles. The predicted octanol–water partition coefficient (Wildman–Crippen LogP) is 1.46. The van der Waals surface area contributed by atoms with E-state index in [0.717, 1.165) is 29.7 Å². The largest absolute Gasteiger partial charge is 0.357 e. The molecule has 0 aromatic carbocycles. The van der Waals surface area contributed by atoms with Crippen LogP contribution in [0.5, 0.6) is 0 Å². The van der Waals surface area contributed by atoms with Gasteiger partial charge in [-0.3, -0.25) is 9.67 Å². The van der Waals surface area contributed by atoms with Crippen molar-refractivity contribution < 1.29 is 0 Å². The lowest BCUT2D eigenvalue weighted by Crippen LogP contribution is -2.09. The number of anilines is 1. The molecular weight excluding hydrogens is 254 g/mol. The fourth-order valence-electron chi connectivity index (χ4n) is 2.77. The van der Waals surface area contributed by atoms with Gasteiger partial charge < -0.3 is 5.32 Å². The zero-order chi connectivity index (χ0) is 13.5. The van der Waals surface area contributed by atoms with E-state index in [-0.39, 0.29) is 0 Å². The van der Waals surface area contributed by atoms with E-state index in [0.29, 0.717) is 5.95 Å². The minimum Gasteiger partial charge on any atom is -0.357 e. The van der Waals surface area contributed by atoms with Gasteiger partial charge in [-0.2, -0.15) is 15.1 Å². The van der Waals surface area contributed by atoms with Crippen molar-refractivity contribution in [3.63, 3.8) is 0 Å². The molecule has 0 saturated heterocycles. The average molecular weight is 269 g/mol. The number of aromatic nitrogens is 6. The Kier molecular flexibility index (Phi) is 2.45. The maximum absolute atomic E-state index is 4.58. The summed E-state index contributed by atoms with van der Waals surface area (Å²) in [6.07, 6.45) is 8.16. The van der Waals surface area contributed by atoms with Crippen molar-refractivity contribution in [2.24, 2.45) is 0 Å². The fourth-order valence-corrected chi connectivity index (χ4v) is 2.77. The van der Waals surface area contributed by atoms with E-state index < -0.39 is 0 Å². The van der Waals surface area contributed by atoms with Gasteiger partial charge in [-0.25, -0.2) is 4.98 Å². The molecule has 0 atom stereocenters. The summed E-state index contributed by atoms with van der Waals surface area (Å²) in [5.74, 6) is 1.42. The lowest BCUT2D eigenvalue weighted by Gasteiger charge is -2.14. The summed E-state index contributed by atoms with van der Waals surface area (Å²) < 4.78 is 2.08. The van der Waals surface area contributed by atoms with Crippen LogP contribution in [0.3, 0.4) is 0 Å². The van der Waals surface area contributed by atoms with Crippen LogP contribution in [-0.2, 0) is 12.8 Å². The van der Waals surface area contributed by atoms with Gasteiger partial charge in [0.1, 0.15) is 6.33 Å². The van der Waals surface area contributed by atoms with E-state index in [1.807, 2.05) is 13.4 Å². The molecule has 0 amide bonds. The Labute approximate surface area is 115 Å². The Hall–Kier alpha value is -2.44. The molecule has 0 radical (unpaired) electrons. The van der Waals surface area contributed by atoms with E-state index in [1.165, 1.54) is 24.2 Å². The smallest absolute Gasteiger partial charge is 0.226 e. The molecular formula is C13H15N7. The second kappa shape index (κ2) is 4.29. The van der Waals surface area contributed by atoms with E-state index >= 15 is 0 Å². The van der Waals surface area contributed by atoms with E-state index in [9.17, 15) is 0 Å². The number of hydrogen-bond donors (Lipinski definition) is 2. The first kappa shape index (κ1) is 11.4. The maximum atomic E-state index is 4.58. The topological polar surface area (TPSA) is 84.3 Å². The first-order chi connectivity index (χ1) is 9.86. The molecule has 4 rings (SSSR count). The summed E-state index contributed by atoms with van der Waals surface area (Å²) in [6.45, 7) is 0. The van der Waals surface area contributed by atoms with Gasteiger partial charge in [-0.15, -0.1) is 0 Å². The van der Waals surface area contributed by atoms with Crippen molar-refractivity contribution in [1.29, 1.82) is 0 Å². The van der Waals surface area contributed by atoms with Crippen molar-refractivity contribution in [3.8, 4) is 5.82 Å². The molecule has 7 nitrogen and oxygen atoms in total. The highest BCUT2D eigenvalue weighted by Gasteiger charge is 2.19. The molecule has 0 spiro atoms. The summed E-state index contributed by atoms with van der Waals surface area (Å²) in [7, 11) is 1.81. The van der Waals surface area contributed by atoms with Crippen molar-refractivity contribution in [2.75, 3.05) is 12.4 Å². The number of rotatable bonds is 2. The molecule has 2 N–H and O–H groups in total. The van der Waals surface area contributed by atoms with Crippen LogP contribution < -0.4 is 5.32 Å². The molecule has 0 aliphatic heterocycles. The molecule has 0 saturated carbocycles. The number of H-pyrrole nitrogens is 1. The van der Waals surface area contributed by atoms with Crippen molar-refractivity contribution in [3.05, 3.63) is 23.9 Å². The number of aromatic amines is 1. The predicted molar refractivity (Wildman–Crippen MR) is 75.0 cm³/mol. The van der Waals surface area contributed by atoms with Crippen LogP contribution in [0.15, 0.2) is 12.5 Å². The Bertz CT molecular complexity index is 770. The van der Waals surface area contributed by atoms with Crippen LogP contribution in [0, 0.1) is 0 Å². The first-order valence-electron chi connectivity index (χ1n) is 6.81. The van der Waals surface area contributed by atoms with Crippen molar-refractivity contribution >= 4 is 17.0 Å². The number of aryl methyl sites for hydroxylation is 1. The summed E-state index contributed by atoms with van der Waals surface area (Å²) in [5, 5.41) is 10.9. The molecule has 1 aliphatic rings. The molecule has 3 aromatic rings. The standard InChI is InChI=1S/C13H15N7/c1-14-13-17-11-8(6-16-19-11)12(18-13)20-7-15-9-4-2-3-5-10(9)20/h6-7H,2-5H2,1H3,(H2,14,16,17,18,19). The van der Waals surface area contributed by atoms with Gasteiger partial charge in [0.05, 0.1) is 17.3 Å². The first-order valence-corrected chi connectivity index (χ1v) is 6.81. The molecule has 1 aliphatic carbocycles. The van der Waals surface area contributed by atoms with Crippen LogP contribution in [0.4, 0.5) is 5.95 Å². The molecule has 20 heavy (non-hydrogen) atoms. The molecule has 0 bridgehead atoms. The average Bonchev–Trinajstić information content (AvgIpc) is 3.12. The number of nitrogens with one attached hydrogen (secondary N) is 2. The second-order valence-corrected chi connectivity index (χ2v) is 4.97. The van der Waals surface area contributed by atoms with E-state index in [2.05, 4.69) is 35.0 Å². The quantitative estimate of drug-likeness (QED) is 0.735. The van der Waals surface area contributed by atoms with Crippen LogP contribution in [-0.4, -0.2) is 36.8 Å². The Morgan fingerprint density at radius 2 is 2.15 bits per heavy atom. The molecule has 0 unspecified atom stereocenters. The molecule has 102 valence electrons. The van der Waals surface area contributed by atoms with Crippen LogP contribution in [0.1, 0.15) is 24.2 Å². The monoisotopic (exact) mass is 269 g/mol. The summed E-state index contributed by atoms with van der Waals surface area (Å²) in [5.41, 5.74) is 3.19. The summed E-state index contributed by atoms with van der Waals surface area (Å²) in [6, 6.07) is 0. The Balaban J connectivity index is 1.97. The number of imidazole rings is 1. The maximum Gasteiger partial charge on any atom is 0.226 e. The normalized spacial score (nSPS) is 14.4. The Morgan fingerprint density at radius 3 is 3.05 bits per heavy atom. The van der Waals surface area contributed by atoms with Gasteiger partial charge in [0, 0.05) is 12.7 Å². The molecule has 0 fully saturated rings. The molecule has 7 heteroatoms. The highest BCUT2D eigenvalue weighted by molar-refractivity contribution is 5.83. The fraction of sp³-hybridized carbons (Fsp3) is 0.385. The third kappa shape index (κ3) is 1.59. The highest BCUT2D eigenvalue weighted by Crippen LogP contribution is 2.26. The number of fused-ring (bicyclic) bond motifs is 2. The number of hydrogen-bond acceptors (Lipinski definition) is 5. The van der Waals surface area contributed by atoms with Crippen LogP contribution in [0.2, 0.25) is 0 Å². The SMILES string of the molecule is CNc1nc(-n2cnc3c2CCCC3)c2cn[nH]c2n1. The van der Waals surface area contributed by atoms with Crippen LogP contribution in [0.25, 0.3) is 16.9 Å². The highest BCUT2D eigenvalue weighted by atomic mass is 15.2. The van der Waals surface area contributed by atoms with Gasteiger partial charge in [-0.1, -0.05) is 0 Å². The van der Waals surface area contributed by atoms with Gasteiger partial charge >= 0.3 is 0 Å². The lowest BCUT2D eigenvalue weighted by atomic mass is 10.0. The lowest BCUT2D eigenvalue weighted by molar-refractivity contribution is 0.654. The summed E-state index contributed by atoms with van der Waals surface area (Å²) in [4.78, 5) is 13.5. The second-order valence-electron chi connectivity index (χ2n) is 4.97. The van der Waals surface area contributed by atoms with Crippen LogP contribution >= 0.6 is 0 Å². The van der Waals surface area contributed by atoms with Gasteiger partial charge in [0.15, 0.2) is 11.5 Å². The van der Waals surface area contributed by atoms with Gasteiger partial charge in [-0.05, 0) is 25.7 Å². The molecule has 3 aromatic heterocycles. The third-order valence-electron chi connectivity index (χ3n) is 3.77. The minimum absolute atomic E-state index is 0.579. The zero-order valence-electron chi connectivity index (χ0n) is 11.2. The third-order valence-corrected chi connectivity index (χ3v) is 3.77. The van der Waals surface area contributed by atoms with E-state index in [1.54, 1.807) is 6.20 Å². The van der Waals surface area contributed by atoms with Gasteiger partial charge in [0.2, 0.25) is 5.95 Å². The summed E-state index contributed by atoms with van der Waals surface area (Å²) >= 11 is 0. The number of nitrogens with zero attached hydrogens (tertiary/aromatic N) is 5. The van der Waals surface area contributed by atoms with Crippen molar-refractivity contribution in [1.82, 2.24) is 29.7 Å². The van der Waals surface area contributed by atoms with Crippen molar-refractivity contribution in [2.45, 2.75) is 25.7 Å².